The minimum atomic E-state index is -0.325. The van der Waals surface area contributed by atoms with Crippen molar-refractivity contribution in [2.24, 2.45) is 0 Å². The van der Waals surface area contributed by atoms with Gasteiger partial charge in [-0.1, -0.05) is 28.1 Å². The Labute approximate surface area is 141 Å². The first kappa shape index (κ1) is 16.5. The molecule has 5 heteroatoms. The average molecular weight is 417 g/mol. The van der Waals surface area contributed by atoms with Crippen molar-refractivity contribution < 1.29 is 9.13 Å². The van der Waals surface area contributed by atoms with Crippen LogP contribution in [0.25, 0.3) is 0 Å². The molecule has 0 aliphatic carbocycles. The van der Waals surface area contributed by atoms with E-state index >= 15 is 0 Å². The molecule has 2 rings (SSSR count). The van der Waals surface area contributed by atoms with Gasteiger partial charge in [0.1, 0.15) is 11.6 Å². The van der Waals surface area contributed by atoms with E-state index in [0.29, 0.717) is 10.2 Å². The summed E-state index contributed by atoms with van der Waals surface area (Å²) in [6.07, 6.45) is 0.790. The molecule has 112 valence electrons. The fourth-order valence-corrected chi connectivity index (χ4v) is 2.84. The summed E-state index contributed by atoms with van der Waals surface area (Å²) < 4.78 is 20.4. The smallest absolute Gasteiger partial charge is 0.141 e. The van der Waals surface area contributed by atoms with Crippen molar-refractivity contribution in [2.75, 3.05) is 14.2 Å². The van der Waals surface area contributed by atoms with Crippen LogP contribution in [0, 0.1) is 5.82 Å². The summed E-state index contributed by atoms with van der Waals surface area (Å²) in [7, 11) is 3.44. The highest BCUT2D eigenvalue weighted by molar-refractivity contribution is 9.10. The van der Waals surface area contributed by atoms with Crippen LogP contribution in [0.3, 0.4) is 0 Å². The lowest BCUT2D eigenvalue weighted by molar-refractivity contribution is 0.397. The quantitative estimate of drug-likeness (QED) is 0.751. The van der Waals surface area contributed by atoms with Crippen LogP contribution in [-0.2, 0) is 6.42 Å². The van der Waals surface area contributed by atoms with Crippen LogP contribution < -0.4 is 10.1 Å². The van der Waals surface area contributed by atoms with E-state index in [-0.39, 0.29) is 11.9 Å². The van der Waals surface area contributed by atoms with Gasteiger partial charge >= 0.3 is 0 Å². The third kappa shape index (κ3) is 4.05. The maximum Gasteiger partial charge on any atom is 0.141 e. The van der Waals surface area contributed by atoms with Gasteiger partial charge in [0.2, 0.25) is 0 Å². The van der Waals surface area contributed by atoms with Crippen molar-refractivity contribution >= 4 is 31.9 Å². The van der Waals surface area contributed by atoms with Crippen LogP contribution in [0.4, 0.5) is 4.39 Å². The number of methoxy groups -OCH3 is 1. The largest absolute Gasteiger partial charge is 0.496 e. The lowest BCUT2D eigenvalue weighted by Gasteiger charge is -2.20. The maximum atomic E-state index is 13.6. The van der Waals surface area contributed by atoms with Gasteiger partial charge in [-0.3, -0.25) is 0 Å². The first-order valence-electron chi connectivity index (χ1n) is 6.49. The minimum Gasteiger partial charge on any atom is -0.496 e. The van der Waals surface area contributed by atoms with Crippen molar-refractivity contribution in [2.45, 2.75) is 12.5 Å². The van der Waals surface area contributed by atoms with Gasteiger partial charge in [0.25, 0.3) is 0 Å². The van der Waals surface area contributed by atoms with Crippen LogP contribution in [0.1, 0.15) is 17.2 Å². The Hall–Kier alpha value is -0.910. The van der Waals surface area contributed by atoms with Gasteiger partial charge in [0.05, 0.1) is 11.6 Å². The molecule has 2 aromatic rings. The Kier molecular flexibility index (Phi) is 5.79. The van der Waals surface area contributed by atoms with Gasteiger partial charge in [-0.15, -0.1) is 0 Å². The predicted molar refractivity (Wildman–Crippen MR) is 90.3 cm³/mol. The molecule has 0 radical (unpaired) electrons. The number of hydrogen-bond acceptors (Lipinski definition) is 2. The lowest BCUT2D eigenvalue weighted by atomic mass is 9.98. The van der Waals surface area contributed by atoms with E-state index in [1.165, 1.54) is 11.6 Å². The van der Waals surface area contributed by atoms with E-state index in [2.05, 4.69) is 49.3 Å². The number of nitrogens with one attached hydrogen (secondary N) is 1. The Morgan fingerprint density at radius 1 is 1.19 bits per heavy atom. The number of hydrogen-bond donors (Lipinski definition) is 1. The first-order valence-corrected chi connectivity index (χ1v) is 8.08. The summed E-state index contributed by atoms with van der Waals surface area (Å²) in [5.74, 6) is 0.223. The SMILES string of the molecule is CNC(Cc1ccc(Br)cc1)c1cc(Br)c(F)cc1OC. The topological polar surface area (TPSA) is 21.3 Å². The van der Waals surface area contributed by atoms with E-state index in [9.17, 15) is 4.39 Å². The molecule has 1 atom stereocenters. The highest BCUT2D eigenvalue weighted by atomic mass is 79.9. The van der Waals surface area contributed by atoms with E-state index < -0.39 is 0 Å². The van der Waals surface area contributed by atoms with Gasteiger partial charge in [0.15, 0.2) is 0 Å². The standard InChI is InChI=1S/C16H16Br2FNO/c1-20-15(7-10-3-5-11(17)6-4-10)12-8-13(18)14(19)9-16(12)21-2/h3-6,8-9,15,20H,7H2,1-2H3. The zero-order chi connectivity index (χ0) is 15.4. The van der Waals surface area contributed by atoms with Gasteiger partial charge in [-0.2, -0.15) is 0 Å². The summed E-state index contributed by atoms with van der Waals surface area (Å²) in [6.45, 7) is 0. The molecule has 2 aromatic carbocycles. The van der Waals surface area contributed by atoms with Crippen molar-refractivity contribution in [1.29, 1.82) is 0 Å². The molecule has 0 heterocycles. The van der Waals surface area contributed by atoms with E-state index in [1.807, 2.05) is 19.2 Å². The zero-order valence-corrected chi connectivity index (χ0v) is 15.0. The molecule has 0 fully saturated rings. The normalized spacial score (nSPS) is 12.2. The van der Waals surface area contributed by atoms with Gasteiger partial charge in [-0.05, 0) is 53.2 Å². The van der Waals surface area contributed by atoms with E-state index in [0.717, 1.165) is 16.5 Å². The van der Waals surface area contributed by atoms with Crippen LogP contribution in [-0.4, -0.2) is 14.2 Å². The second-order valence-corrected chi connectivity index (χ2v) is 6.45. The summed E-state index contributed by atoms with van der Waals surface area (Å²) in [4.78, 5) is 0. The Morgan fingerprint density at radius 3 is 2.43 bits per heavy atom. The molecule has 0 aromatic heterocycles. The molecule has 1 unspecified atom stereocenters. The van der Waals surface area contributed by atoms with Gasteiger partial charge in [0, 0.05) is 22.1 Å². The molecular formula is C16H16Br2FNO. The number of ether oxygens (including phenoxy) is 1. The van der Waals surface area contributed by atoms with Crippen LogP contribution >= 0.6 is 31.9 Å². The monoisotopic (exact) mass is 415 g/mol. The van der Waals surface area contributed by atoms with Crippen molar-refractivity contribution in [1.82, 2.24) is 5.32 Å². The van der Waals surface area contributed by atoms with Crippen molar-refractivity contribution in [3.63, 3.8) is 0 Å². The minimum absolute atomic E-state index is 0.0398. The molecule has 0 amide bonds. The average Bonchev–Trinajstić information content (AvgIpc) is 2.49. The zero-order valence-electron chi connectivity index (χ0n) is 11.8. The molecule has 0 spiro atoms. The third-order valence-corrected chi connectivity index (χ3v) is 4.49. The van der Waals surface area contributed by atoms with Crippen LogP contribution in [0.2, 0.25) is 0 Å². The second kappa shape index (κ2) is 7.38. The van der Waals surface area contributed by atoms with Crippen molar-refractivity contribution in [3.05, 3.63) is 62.3 Å². The molecule has 0 aliphatic rings. The third-order valence-electron chi connectivity index (χ3n) is 3.35. The van der Waals surface area contributed by atoms with Crippen molar-refractivity contribution in [3.8, 4) is 5.75 Å². The predicted octanol–water partition coefficient (Wildman–Crippen LogP) is 4.86. The number of rotatable bonds is 5. The fraction of sp³-hybridized carbons (Fsp3) is 0.250. The molecule has 0 saturated carbocycles. The lowest BCUT2D eigenvalue weighted by Crippen LogP contribution is -2.19. The molecule has 21 heavy (non-hydrogen) atoms. The number of benzene rings is 2. The summed E-state index contributed by atoms with van der Waals surface area (Å²) in [5.41, 5.74) is 2.12. The first-order chi connectivity index (χ1) is 10.0. The van der Waals surface area contributed by atoms with Gasteiger partial charge in [-0.25, -0.2) is 4.39 Å². The van der Waals surface area contributed by atoms with Crippen LogP contribution in [0.5, 0.6) is 5.75 Å². The Balaban J connectivity index is 2.32. The molecule has 0 bridgehead atoms. The highest BCUT2D eigenvalue weighted by Gasteiger charge is 2.17. The number of likely N-dealkylation sites (N-methyl/N-ethyl adjacent to an activating group) is 1. The Bertz CT molecular complexity index is 616. The Morgan fingerprint density at radius 2 is 1.86 bits per heavy atom. The van der Waals surface area contributed by atoms with E-state index in [1.54, 1.807) is 13.2 Å². The highest BCUT2D eigenvalue weighted by Crippen LogP contribution is 2.32. The van der Waals surface area contributed by atoms with E-state index in [4.69, 9.17) is 4.74 Å². The maximum absolute atomic E-state index is 13.6. The molecule has 0 aliphatic heterocycles. The number of halogens is 3. The summed E-state index contributed by atoms with van der Waals surface area (Å²) in [5, 5.41) is 3.27. The van der Waals surface area contributed by atoms with Crippen LogP contribution in [0.15, 0.2) is 45.3 Å². The molecule has 1 N–H and O–H groups in total. The summed E-state index contributed by atoms with van der Waals surface area (Å²) >= 11 is 6.67. The second-order valence-electron chi connectivity index (χ2n) is 4.68. The molecule has 0 saturated heterocycles. The van der Waals surface area contributed by atoms with Gasteiger partial charge < -0.3 is 10.1 Å². The summed E-state index contributed by atoms with van der Waals surface area (Å²) in [6, 6.07) is 11.4. The molecule has 2 nitrogen and oxygen atoms in total. The molecular weight excluding hydrogens is 401 g/mol. The fourth-order valence-electron chi connectivity index (χ4n) is 2.22.